The lowest BCUT2D eigenvalue weighted by Crippen LogP contribution is -2.32. The van der Waals surface area contributed by atoms with Crippen LogP contribution in [0.5, 0.6) is 0 Å². The first-order valence-electron chi connectivity index (χ1n) is 5.55. The quantitative estimate of drug-likeness (QED) is 0.822. The molecule has 3 N–H and O–H groups in total. The fourth-order valence-corrected chi connectivity index (χ4v) is 1.60. The molecule has 0 amide bonds. The van der Waals surface area contributed by atoms with E-state index in [0.29, 0.717) is 11.6 Å². The van der Waals surface area contributed by atoms with E-state index in [1.807, 2.05) is 30.3 Å². The Bertz CT molecular complexity index is 568. The van der Waals surface area contributed by atoms with Crippen molar-refractivity contribution < 1.29 is 11.3 Å². The highest BCUT2D eigenvalue weighted by Gasteiger charge is 2.11. The molecule has 82 valence electrons. The lowest BCUT2D eigenvalue weighted by atomic mass is 10.0. The number of hydrogen-bond acceptors (Lipinski definition) is 2. The second kappa shape index (κ2) is 4.33. The first-order chi connectivity index (χ1) is 8.09. The first kappa shape index (κ1) is 9.36. The molecule has 0 aromatic heterocycles. The van der Waals surface area contributed by atoms with Gasteiger partial charge in [0.25, 0.3) is 0 Å². The number of benzene rings is 2. The fourth-order valence-electron chi connectivity index (χ4n) is 1.60. The van der Waals surface area contributed by atoms with Gasteiger partial charge in [0.05, 0.1) is 1.37 Å². The third-order valence-electron chi connectivity index (χ3n) is 2.48. The Morgan fingerprint density at radius 1 is 1.31 bits per heavy atom. The molecule has 0 saturated heterocycles. The third-order valence-corrected chi connectivity index (χ3v) is 2.48. The van der Waals surface area contributed by atoms with E-state index in [4.69, 9.17) is 12.2 Å². The molecular weight excluding hydrogens is 202 g/mol. The van der Waals surface area contributed by atoms with Crippen molar-refractivity contribution in [2.24, 2.45) is 5.73 Å². The second-order valence-electron chi connectivity index (χ2n) is 3.72. The highest BCUT2D eigenvalue weighted by atomic mass is 16.4. The predicted octanol–water partition coefficient (Wildman–Crippen LogP) is 1.79. The Kier molecular flexibility index (Phi) is 2.53. The Labute approximate surface area is 94.9 Å². The molecule has 0 unspecified atom stereocenters. The molecule has 0 aliphatic rings. The van der Waals surface area contributed by atoms with Crippen LogP contribution in [0.2, 0.25) is 0 Å². The summed E-state index contributed by atoms with van der Waals surface area (Å²) < 4.78 is 8.03. The van der Waals surface area contributed by atoms with Gasteiger partial charge >= 0.3 is 5.97 Å². The normalized spacial score (nSPS) is 13.4. The van der Waals surface area contributed by atoms with Gasteiger partial charge in [-0.05, 0) is 22.8 Å². The summed E-state index contributed by atoms with van der Waals surface area (Å²) >= 11 is 0. The average molecular weight is 216 g/mol. The number of aliphatic carboxylic acids is 1. The van der Waals surface area contributed by atoms with Gasteiger partial charge in [0, 0.05) is 0 Å². The molecule has 3 heteroatoms. The second-order valence-corrected chi connectivity index (χ2v) is 3.72. The maximum absolute atomic E-state index is 10.7. The molecule has 2 aromatic rings. The van der Waals surface area contributed by atoms with Crippen molar-refractivity contribution in [2.75, 3.05) is 0 Å². The molecule has 16 heavy (non-hydrogen) atoms. The van der Waals surface area contributed by atoms with Crippen LogP contribution < -0.4 is 5.73 Å². The smallest absolute Gasteiger partial charge is 0.320 e. The SMILES string of the molecule is [2H]c1c(C[C@H](N)C(=O)O)ccc2ccccc12. The predicted molar refractivity (Wildman–Crippen MR) is 63.3 cm³/mol. The van der Waals surface area contributed by atoms with E-state index < -0.39 is 12.0 Å². The largest absolute Gasteiger partial charge is 0.480 e. The van der Waals surface area contributed by atoms with Crippen molar-refractivity contribution in [2.45, 2.75) is 12.5 Å². The zero-order valence-corrected chi connectivity index (χ0v) is 8.68. The van der Waals surface area contributed by atoms with Gasteiger partial charge < -0.3 is 10.8 Å². The Morgan fingerprint density at radius 3 is 2.69 bits per heavy atom. The summed E-state index contributed by atoms with van der Waals surface area (Å²) in [6, 6.07) is 10.6. The van der Waals surface area contributed by atoms with E-state index >= 15 is 0 Å². The molecule has 2 rings (SSSR count). The summed E-state index contributed by atoms with van der Waals surface area (Å²) in [4.78, 5) is 10.7. The van der Waals surface area contributed by atoms with Crippen molar-refractivity contribution in [3.05, 3.63) is 48.0 Å². The van der Waals surface area contributed by atoms with Crippen molar-refractivity contribution in [1.29, 1.82) is 0 Å². The molecule has 3 nitrogen and oxygen atoms in total. The van der Waals surface area contributed by atoms with Crippen LogP contribution in [-0.4, -0.2) is 17.1 Å². The number of carbonyl (C=O) groups is 1. The van der Waals surface area contributed by atoms with Crippen LogP contribution >= 0.6 is 0 Å². The Hall–Kier alpha value is -1.87. The average Bonchev–Trinajstić information content (AvgIpc) is 2.33. The number of carboxylic acids is 1. The Morgan fingerprint density at radius 2 is 2.00 bits per heavy atom. The summed E-state index contributed by atoms with van der Waals surface area (Å²) in [6.45, 7) is 0. The van der Waals surface area contributed by atoms with Gasteiger partial charge in [0.2, 0.25) is 0 Å². The van der Waals surface area contributed by atoms with Gasteiger partial charge in [-0.15, -0.1) is 0 Å². The molecule has 0 saturated carbocycles. The Balaban J connectivity index is 2.42. The summed E-state index contributed by atoms with van der Waals surface area (Å²) in [6.07, 6.45) is 0.180. The molecule has 2 aromatic carbocycles. The van der Waals surface area contributed by atoms with Crippen molar-refractivity contribution in [3.63, 3.8) is 0 Å². The lowest BCUT2D eigenvalue weighted by molar-refractivity contribution is -0.138. The number of rotatable bonds is 3. The molecule has 0 aliphatic carbocycles. The molecule has 0 radical (unpaired) electrons. The van der Waals surface area contributed by atoms with Gasteiger partial charge in [-0.2, -0.15) is 0 Å². The molecule has 1 atom stereocenters. The van der Waals surface area contributed by atoms with Gasteiger partial charge in [-0.1, -0.05) is 42.4 Å². The molecule has 0 heterocycles. The van der Waals surface area contributed by atoms with Gasteiger partial charge in [0.1, 0.15) is 6.04 Å². The lowest BCUT2D eigenvalue weighted by Gasteiger charge is -2.07. The maximum Gasteiger partial charge on any atom is 0.320 e. The van der Waals surface area contributed by atoms with E-state index in [0.717, 1.165) is 10.8 Å². The minimum atomic E-state index is -1.04. The summed E-state index contributed by atoms with van der Waals surface area (Å²) in [5.74, 6) is -1.04. The van der Waals surface area contributed by atoms with E-state index in [2.05, 4.69) is 0 Å². The summed E-state index contributed by atoms with van der Waals surface area (Å²) in [5, 5.41) is 10.6. The van der Waals surface area contributed by atoms with Crippen molar-refractivity contribution in [3.8, 4) is 0 Å². The highest BCUT2D eigenvalue weighted by molar-refractivity contribution is 5.83. The van der Waals surface area contributed by atoms with Crippen LogP contribution in [0.25, 0.3) is 10.8 Å². The van der Waals surface area contributed by atoms with Crippen molar-refractivity contribution in [1.82, 2.24) is 0 Å². The topological polar surface area (TPSA) is 63.3 Å². The standard InChI is InChI=1S/C13H13NO2/c14-12(13(15)16)8-9-5-6-10-3-1-2-4-11(10)7-9/h1-7,12H,8,14H2,(H,15,16)/t12-/m0/s1/i7D. The molecular formula is C13H13NO2. The minimum absolute atomic E-state index is 0.180. The van der Waals surface area contributed by atoms with E-state index in [-0.39, 0.29) is 6.42 Å². The number of nitrogens with two attached hydrogens (primary N) is 1. The van der Waals surface area contributed by atoms with Crippen LogP contribution in [0.1, 0.15) is 6.93 Å². The minimum Gasteiger partial charge on any atom is -0.480 e. The molecule has 0 fully saturated rings. The van der Waals surface area contributed by atoms with E-state index in [1.54, 1.807) is 6.07 Å². The molecule has 0 bridgehead atoms. The van der Waals surface area contributed by atoms with Crippen molar-refractivity contribution >= 4 is 16.7 Å². The van der Waals surface area contributed by atoms with Crippen LogP contribution in [0, 0.1) is 0 Å². The summed E-state index contributed by atoms with van der Waals surface area (Å²) in [7, 11) is 0. The number of fused-ring (bicyclic) bond motifs is 1. The fraction of sp³-hybridized carbons (Fsp3) is 0.154. The highest BCUT2D eigenvalue weighted by Crippen LogP contribution is 2.16. The third kappa shape index (κ3) is 2.20. The number of hydrogen-bond donors (Lipinski definition) is 2. The van der Waals surface area contributed by atoms with Crippen LogP contribution in [0.4, 0.5) is 0 Å². The number of carboxylic acid groups (broad SMARTS) is 1. The van der Waals surface area contributed by atoms with Crippen LogP contribution in [0.15, 0.2) is 42.4 Å². The van der Waals surface area contributed by atoms with Gasteiger partial charge in [-0.3, -0.25) is 4.79 Å². The van der Waals surface area contributed by atoms with E-state index in [1.165, 1.54) is 0 Å². The monoisotopic (exact) mass is 216 g/mol. The van der Waals surface area contributed by atoms with Crippen LogP contribution in [0.3, 0.4) is 0 Å². The molecule has 0 spiro atoms. The van der Waals surface area contributed by atoms with Crippen LogP contribution in [-0.2, 0) is 11.2 Å². The summed E-state index contributed by atoms with van der Waals surface area (Å²) in [5.41, 5.74) is 6.14. The van der Waals surface area contributed by atoms with Gasteiger partial charge in [0.15, 0.2) is 0 Å². The first-order valence-corrected chi connectivity index (χ1v) is 5.05. The van der Waals surface area contributed by atoms with E-state index in [9.17, 15) is 4.79 Å². The maximum atomic E-state index is 10.7. The van der Waals surface area contributed by atoms with Gasteiger partial charge in [-0.25, -0.2) is 0 Å². The zero-order valence-electron chi connectivity index (χ0n) is 9.68. The zero-order chi connectivity index (χ0) is 12.4. The molecule has 0 aliphatic heterocycles.